The number of rotatable bonds is 6. The number of hydrogen-bond donors (Lipinski definition) is 0. The van der Waals surface area contributed by atoms with Crippen LogP contribution in [0.15, 0.2) is 18.2 Å². The van der Waals surface area contributed by atoms with Gasteiger partial charge in [-0.1, -0.05) is 6.07 Å². The molecule has 1 aromatic carbocycles. The van der Waals surface area contributed by atoms with Crippen molar-refractivity contribution in [3.63, 3.8) is 0 Å². The fourth-order valence-corrected chi connectivity index (χ4v) is 2.44. The van der Waals surface area contributed by atoms with Gasteiger partial charge in [0.1, 0.15) is 6.67 Å². The lowest BCUT2D eigenvalue weighted by Gasteiger charge is -2.38. The van der Waals surface area contributed by atoms with Crippen LogP contribution >= 0.6 is 0 Å². The Bertz CT molecular complexity index is 461. The molecule has 5 nitrogen and oxygen atoms in total. The van der Waals surface area contributed by atoms with Crippen molar-refractivity contribution in [3.05, 3.63) is 33.9 Å². The molecule has 2 rings (SSSR count). The molecule has 1 aliphatic heterocycles. The highest BCUT2D eigenvalue weighted by Gasteiger charge is 2.26. The Morgan fingerprint density at radius 3 is 2.84 bits per heavy atom. The van der Waals surface area contributed by atoms with Crippen LogP contribution in [0.1, 0.15) is 5.56 Å². The highest BCUT2D eigenvalue weighted by molar-refractivity contribution is 5.48. The van der Waals surface area contributed by atoms with Crippen LogP contribution in [0.2, 0.25) is 0 Å². The molecule has 0 N–H and O–H groups in total. The van der Waals surface area contributed by atoms with Crippen LogP contribution in [0.5, 0.6) is 5.75 Å². The molecule has 104 valence electrons. The minimum atomic E-state index is -0.449. The number of ether oxygens (including phenoxy) is 1. The quantitative estimate of drug-likeness (QED) is 0.585. The maximum Gasteiger partial charge on any atom is 0.310 e. The Kier molecular flexibility index (Phi) is 4.31. The van der Waals surface area contributed by atoms with Crippen molar-refractivity contribution in [2.24, 2.45) is 5.92 Å². The number of alkyl halides is 1. The predicted octanol–water partition coefficient (Wildman–Crippen LogP) is 2.05. The van der Waals surface area contributed by atoms with Gasteiger partial charge in [0, 0.05) is 25.7 Å². The lowest BCUT2D eigenvalue weighted by molar-refractivity contribution is -0.385. The van der Waals surface area contributed by atoms with Crippen molar-refractivity contribution < 1.29 is 14.1 Å². The molecular weight excluding hydrogens is 251 g/mol. The number of nitro benzene ring substituents is 1. The van der Waals surface area contributed by atoms with E-state index in [0.717, 1.165) is 25.1 Å². The Hall–Kier alpha value is -1.69. The minimum Gasteiger partial charge on any atom is -0.490 e. The second-order valence-corrected chi connectivity index (χ2v) is 4.78. The molecule has 1 fully saturated rings. The first-order valence-corrected chi connectivity index (χ1v) is 6.23. The molecule has 0 aromatic heterocycles. The zero-order chi connectivity index (χ0) is 13.8. The van der Waals surface area contributed by atoms with Crippen molar-refractivity contribution in [2.75, 3.05) is 33.4 Å². The Morgan fingerprint density at radius 1 is 1.53 bits per heavy atom. The molecule has 1 aromatic rings. The van der Waals surface area contributed by atoms with Gasteiger partial charge in [-0.05, 0) is 24.0 Å². The summed E-state index contributed by atoms with van der Waals surface area (Å²) in [4.78, 5) is 12.4. The molecular formula is C13H17FN2O3. The molecule has 19 heavy (non-hydrogen) atoms. The third-order valence-corrected chi connectivity index (χ3v) is 3.40. The first-order valence-electron chi connectivity index (χ1n) is 6.23. The zero-order valence-corrected chi connectivity index (χ0v) is 10.8. The largest absolute Gasteiger partial charge is 0.490 e. The highest BCUT2D eigenvalue weighted by atomic mass is 19.1. The Morgan fingerprint density at radius 2 is 2.26 bits per heavy atom. The third-order valence-electron chi connectivity index (χ3n) is 3.40. The lowest BCUT2D eigenvalue weighted by atomic mass is 9.92. The van der Waals surface area contributed by atoms with Gasteiger partial charge in [0.05, 0.1) is 12.0 Å². The standard InChI is InChI=1S/C13H17FN2O3/c1-19-13-7-10(2-3-12(13)16(17)18)6-11-8-15(9-11)5-4-14/h2-3,7,11H,4-6,8-9H2,1H3. The first-order chi connectivity index (χ1) is 9.13. The molecule has 0 bridgehead atoms. The van der Waals surface area contributed by atoms with E-state index in [9.17, 15) is 14.5 Å². The van der Waals surface area contributed by atoms with Crippen LogP contribution < -0.4 is 4.74 Å². The molecule has 0 saturated carbocycles. The summed E-state index contributed by atoms with van der Waals surface area (Å²) in [5, 5.41) is 10.8. The van der Waals surface area contributed by atoms with E-state index in [1.807, 2.05) is 0 Å². The van der Waals surface area contributed by atoms with Crippen LogP contribution in [-0.2, 0) is 6.42 Å². The van der Waals surface area contributed by atoms with Crippen molar-refractivity contribution in [1.29, 1.82) is 0 Å². The van der Waals surface area contributed by atoms with Crippen molar-refractivity contribution >= 4 is 5.69 Å². The second-order valence-electron chi connectivity index (χ2n) is 4.78. The Labute approximate surface area is 111 Å². The summed E-state index contributed by atoms with van der Waals surface area (Å²) in [6.45, 7) is 1.98. The van der Waals surface area contributed by atoms with Crippen LogP contribution in [0, 0.1) is 16.0 Å². The van der Waals surface area contributed by atoms with Gasteiger partial charge < -0.3 is 9.64 Å². The monoisotopic (exact) mass is 268 g/mol. The summed E-state index contributed by atoms with van der Waals surface area (Å²) in [6.07, 6.45) is 0.844. The number of nitrogens with zero attached hydrogens (tertiary/aromatic N) is 2. The maximum absolute atomic E-state index is 12.1. The normalized spacial score (nSPS) is 16.1. The number of hydrogen-bond acceptors (Lipinski definition) is 4. The number of methoxy groups -OCH3 is 1. The van der Waals surface area contributed by atoms with Gasteiger partial charge in [-0.3, -0.25) is 10.1 Å². The van der Waals surface area contributed by atoms with E-state index >= 15 is 0 Å². The van der Waals surface area contributed by atoms with E-state index < -0.39 is 4.92 Å². The molecule has 1 saturated heterocycles. The van der Waals surface area contributed by atoms with E-state index in [-0.39, 0.29) is 12.4 Å². The molecule has 0 aliphatic carbocycles. The predicted molar refractivity (Wildman–Crippen MR) is 69.3 cm³/mol. The summed E-state index contributed by atoms with van der Waals surface area (Å²) in [5.74, 6) is 0.792. The van der Waals surface area contributed by atoms with Crippen LogP contribution in [0.25, 0.3) is 0 Å². The molecule has 0 unspecified atom stereocenters. The molecule has 0 radical (unpaired) electrons. The topological polar surface area (TPSA) is 55.6 Å². The number of nitro groups is 1. The van der Waals surface area contributed by atoms with E-state index in [1.165, 1.54) is 13.2 Å². The van der Waals surface area contributed by atoms with E-state index in [0.29, 0.717) is 18.2 Å². The minimum absolute atomic E-state index is 0.0149. The van der Waals surface area contributed by atoms with Gasteiger partial charge >= 0.3 is 5.69 Å². The SMILES string of the molecule is COc1cc(CC2CN(CCF)C2)ccc1[N+](=O)[O-]. The number of halogens is 1. The third kappa shape index (κ3) is 3.20. The van der Waals surface area contributed by atoms with Crippen LogP contribution in [0.3, 0.4) is 0 Å². The lowest BCUT2D eigenvalue weighted by Crippen LogP contribution is -2.48. The molecule has 1 heterocycles. The van der Waals surface area contributed by atoms with Crippen molar-refractivity contribution in [3.8, 4) is 5.75 Å². The zero-order valence-electron chi connectivity index (χ0n) is 10.8. The fourth-order valence-electron chi connectivity index (χ4n) is 2.44. The van der Waals surface area contributed by atoms with Gasteiger partial charge in [0.25, 0.3) is 0 Å². The highest BCUT2D eigenvalue weighted by Crippen LogP contribution is 2.29. The van der Waals surface area contributed by atoms with E-state index in [4.69, 9.17) is 4.74 Å². The Balaban J connectivity index is 1.97. The summed E-state index contributed by atoms with van der Waals surface area (Å²) in [6, 6.07) is 4.96. The van der Waals surface area contributed by atoms with Gasteiger partial charge in [-0.25, -0.2) is 4.39 Å². The summed E-state index contributed by atoms with van der Waals surface area (Å²) in [7, 11) is 1.43. The number of benzene rings is 1. The first kappa shape index (κ1) is 13.7. The fraction of sp³-hybridized carbons (Fsp3) is 0.538. The maximum atomic E-state index is 12.1. The summed E-state index contributed by atoms with van der Waals surface area (Å²) < 4.78 is 17.2. The van der Waals surface area contributed by atoms with Crippen LogP contribution in [0.4, 0.5) is 10.1 Å². The molecule has 0 spiro atoms. The summed E-state index contributed by atoms with van der Waals surface area (Å²) >= 11 is 0. The summed E-state index contributed by atoms with van der Waals surface area (Å²) in [5.41, 5.74) is 1.01. The number of likely N-dealkylation sites (tertiary alicyclic amines) is 1. The molecule has 1 aliphatic rings. The van der Waals surface area contributed by atoms with Crippen molar-refractivity contribution in [2.45, 2.75) is 6.42 Å². The van der Waals surface area contributed by atoms with Gasteiger partial charge in [-0.15, -0.1) is 0 Å². The average Bonchev–Trinajstić information content (AvgIpc) is 2.35. The van der Waals surface area contributed by atoms with E-state index in [1.54, 1.807) is 12.1 Å². The van der Waals surface area contributed by atoms with E-state index in [2.05, 4.69) is 4.90 Å². The molecule has 0 amide bonds. The van der Waals surface area contributed by atoms with Crippen molar-refractivity contribution in [1.82, 2.24) is 4.90 Å². The average molecular weight is 268 g/mol. The van der Waals surface area contributed by atoms with Gasteiger partial charge in [-0.2, -0.15) is 0 Å². The smallest absolute Gasteiger partial charge is 0.310 e. The second kappa shape index (κ2) is 5.97. The van der Waals surface area contributed by atoms with Crippen LogP contribution in [-0.4, -0.2) is 43.2 Å². The van der Waals surface area contributed by atoms with Gasteiger partial charge in [0.2, 0.25) is 0 Å². The van der Waals surface area contributed by atoms with Gasteiger partial charge in [0.15, 0.2) is 5.75 Å². The molecule has 6 heteroatoms. The molecule has 0 atom stereocenters.